The molecular weight excluding hydrogens is 371 g/mol. The zero-order chi connectivity index (χ0) is 19.0. The van der Waals surface area contributed by atoms with Gasteiger partial charge in [0.25, 0.3) is 5.82 Å². The van der Waals surface area contributed by atoms with E-state index >= 15 is 0 Å². The van der Waals surface area contributed by atoms with Crippen molar-refractivity contribution in [3.63, 3.8) is 0 Å². The molecule has 0 aliphatic carbocycles. The molecule has 4 aromatic rings. The highest BCUT2D eigenvalue weighted by atomic mass is 35.5. The molecule has 1 aromatic carbocycles. The van der Waals surface area contributed by atoms with Gasteiger partial charge in [-0.15, -0.1) is 0 Å². The van der Waals surface area contributed by atoms with Crippen molar-refractivity contribution in [1.82, 2.24) is 19.9 Å². The van der Waals surface area contributed by atoms with E-state index in [1.54, 1.807) is 12.3 Å². The van der Waals surface area contributed by atoms with E-state index in [-0.39, 0.29) is 22.6 Å². The molecule has 0 radical (unpaired) electrons. The fraction of sp³-hybridized carbons (Fsp3) is 0. The lowest BCUT2D eigenvalue weighted by Crippen LogP contribution is -2.11. The van der Waals surface area contributed by atoms with Gasteiger partial charge in [-0.05, 0) is 30.3 Å². The molecule has 132 valence electrons. The summed E-state index contributed by atoms with van der Waals surface area (Å²) in [5.74, 6) is -0.175. The van der Waals surface area contributed by atoms with Crippen LogP contribution in [0.25, 0.3) is 27.0 Å². The number of hydrogen-bond donors (Lipinski definition) is 3. The highest BCUT2D eigenvalue weighted by Crippen LogP contribution is 2.32. The van der Waals surface area contributed by atoms with Gasteiger partial charge in [-0.2, -0.15) is 0 Å². The molecule has 0 atom stereocenters. The largest absolute Gasteiger partial charge is 0.362 e. The molecule has 0 fully saturated rings. The Labute approximate surface area is 156 Å². The third-order valence-corrected chi connectivity index (χ3v) is 4.19. The van der Waals surface area contributed by atoms with E-state index in [0.717, 1.165) is 0 Å². The highest BCUT2D eigenvalue weighted by molar-refractivity contribution is 6.30. The minimum atomic E-state index is -0.596. The molecule has 0 bridgehead atoms. The number of fused-ring (bicyclic) bond motifs is 1. The summed E-state index contributed by atoms with van der Waals surface area (Å²) in [5, 5.41) is 4.01. The molecule has 4 rings (SSSR count). The van der Waals surface area contributed by atoms with Crippen molar-refractivity contribution in [2.24, 2.45) is 0 Å². The minimum Gasteiger partial charge on any atom is -0.362 e. The van der Waals surface area contributed by atoms with Crippen molar-refractivity contribution < 1.29 is 4.39 Å². The summed E-state index contributed by atoms with van der Waals surface area (Å²) in [6.45, 7) is 7.31. The second kappa shape index (κ2) is 6.55. The van der Waals surface area contributed by atoms with Crippen molar-refractivity contribution in [2.45, 2.75) is 0 Å². The van der Waals surface area contributed by atoms with Crippen LogP contribution >= 0.6 is 11.6 Å². The fourth-order valence-corrected chi connectivity index (χ4v) is 2.88. The van der Waals surface area contributed by atoms with Gasteiger partial charge in [0.1, 0.15) is 23.6 Å². The third-order valence-electron chi connectivity index (χ3n) is 3.96. The lowest BCUT2D eigenvalue weighted by Gasteiger charge is -2.11. The van der Waals surface area contributed by atoms with Crippen LogP contribution in [0, 0.1) is 12.4 Å². The minimum absolute atomic E-state index is 0.0199. The quantitative estimate of drug-likeness (QED) is 0.459. The number of halogens is 2. The second-order valence-corrected chi connectivity index (χ2v) is 6.03. The molecule has 0 saturated heterocycles. The normalized spacial score (nSPS) is 10.7. The van der Waals surface area contributed by atoms with Gasteiger partial charge in [0.2, 0.25) is 0 Å². The molecule has 7 nitrogen and oxygen atoms in total. The van der Waals surface area contributed by atoms with E-state index in [1.807, 2.05) is 0 Å². The standard InChI is InChI=1S/C18H10ClFN6O/c1-21-17-14(25-16-10-4-5-22-15(10)23-8-24-16)7-12(18(27)26-17)11-6-9(19)2-3-13(11)20/h2-8H,(H,26,27)(H2,22,23,24,25). The summed E-state index contributed by atoms with van der Waals surface area (Å²) in [6, 6.07) is 7.11. The fourth-order valence-electron chi connectivity index (χ4n) is 2.71. The Morgan fingerprint density at radius 2 is 2.04 bits per heavy atom. The first-order valence-corrected chi connectivity index (χ1v) is 8.10. The molecule has 0 aliphatic rings. The predicted octanol–water partition coefficient (Wildman–Crippen LogP) is 4.40. The van der Waals surface area contributed by atoms with Crippen LogP contribution in [-0.2, 0) is 0 Å². The lowest BCUT2D eigenvalue weighted by atomic mass is 10.1. The number of anilines is 2. The molecule has 0 saturated carbocycles. The molecule has 27 heavy (non-hydrogen) atoms. The van der Waals surface area contributed by atoms with E-state index in [4.69, 9.17) is 18.2 Å². The molecule has 3 N–H and O–H groups in total. The van der Waals surface area contributed by atoms with Crippen molar-refractivity contribution in [2.75, 3.05) is 5.32 Å². The molecular formula is C18H10ClFN6O. The number of H-pyrrole nitrogens is 2. The first-order valence-electron chi connectivity index (χ1n) is 7.72. The molecule has 0 amide bonds. The Morgan fingerprint density at radius 3 is 2.85 bits per heavy atom. The van der Waals surface area contributed by atoms with Crippen LogP contribution in [0.1, 0.15) is 0 Å². The number of nitrogens with one attached hydrogen (secondary N) is 3. The predicted molar refractivity (Wildman–Crippen MR) is 101 cm³/mol. The Hall–Kier alpha value is -3.70. The second-order valence-electron chi connectivity index (χ2n) is 5.60. The lowest BCUT2D eigenvalue weighted by molar-refractivity contribution is 0.631. The Kier molecular flexibility index (Phi) is 4.06. The van der Waals surface area contributed by atoms with Gasteiger partial charge in [0.05, 0.1) is 16.6 Å². The number of aromatic amines is 2. The van der Waals surface area contributed by atoms with Gasteiger partial charge in [-0.3, -0.25) is 4.98 Å². The summed E-state index contributed by atoms with van der Waals surface area (Å²) in [5.41, 5.74) is 0.381. The molecule has 3 heterocycles. The van der Waals surface area contributed by atoms with E-state index < -0.39 is 11.4 Å². The van der Waals surface area contributed by atoms with Gasteiger partial charge in [0, 0.05) is 16.8 Å². The Morgan fingerprint density at radius 1 is 1.19 bits per heavy atom. The molecule has 0 aliphatic heterocycles. The van der Waals surface area contributed by atoms with Crippen molar-refractivity contribution in [1.29, 1.82) is 0 Å². The number of hydrogen-bond acceptors (Lipinski definition) is 4. The van der Waals surface area contributed by atoms with Gasteiger partial charge in [-0.1, -0.05) is 18.2 Å². The highest BCUT2D eigenvalue weighted by Gasteiger charge is 2.16. The van der Waals surface area contributed by atoms with Gasteiger partial charge >= 0.3 is 5.56 Å². The van der Waals surface area contributed by atoms with Crippen LogP contribution in [0.3, 0.4) is 0 Å². The Balaban J connectivity index is 1.88. The summed E-state index contributed by atoms with van der Waals surface area (Å²) in [4.78, 5) is 29.4. The van der Waals surface area contributed by atoms with Crippen LogP contribution < -0.4 is 10.9 Å². The number of aromatic nitrogens is 4. The average Bonchev–Trinajstić information content (AvgIpc) is 3.15. The van der Waals surface area contributed by atoms with Crippen molar-refractivity contribution in [3.05, 3.63) is 75.5 Å². The number of nitrogens with zero attached hydrogens (tertiary/aromatic N) is 3. The van der Waals surface area contributed by atoms with Gasteiger partial charge < -0.3 is 15.1 Å². The SMILES string of the molecule is [C-]#[N+]c1[nH]c(=O)c(-c2cc(Cl)ccc2F)cc1Nc1ncnc2[nH]ccc12. The third kappa shape index (κ3) is 3.01. The summed E-state index contributed by atoms with van der Waals surface area (Å²) in [7, 11) is 0. The average molecular weight is 381 g/mol. The molecule has 0 spiro atoms. The first-order chi connectivity index (χ1) is 13.1. The molecule has 9 heteroatoms. The monoisotopic (exact) mass is 380 g/mol. The van der Waals surface area contributed by atoms with E-state index in [2.05, 4.69) is 30.1 Å². The maximum atomic E-state index is 14.2. The van der Waals surface area contributed by atoms with Crippen LogP contribution in [0.4, 0.5) is 21.7 Å². The zero-order valence-corrected chi connectivity index (χ0v) is 14.3. The number of rotatable bonds is 3. The van der Waals surface area contributed by atoms with Gasteiger partial charge in [-0.25, -0.2) is 19.2 Å². The summed E-state index contributed by atoms with van der Waals surface area (Å²) < 4.78 is 14.2. The van der Waals surface area contributed by atoms with Crippen molar-refractivity contribution in [3.8, 4) is 11.1 Å². The van der Waals surface area contributed by atoms with Crippen LogP contribution in [-0.4, -0.2) is 19.9 Å². The topological polar surface area (TPSA) is 90.8 Å². The van der Waals surface area contributed by atoms with Crippen molar-refractivity contribution >= 4 is 40.0 Å². The van der Waals surface area contributed by atoms with Crippen LogP contribution in [0.5, 0.6) is 0 Å². The zero-order valence-electron chi connectivity index (χ0n) is 13.5. The van der Waals surface area contributed by atoms with E-state index in [9.17, 15) is 9.18 Å². The maximum Gasteiger partial charge on any atom is 0.324 e. The smallest absolute Gasteiger partial charge is 0.324 e. The van der Waals surface area contributed by atoms with Crippen LogP contribution in [0.15, 0.2) is 47.7 Å². The first kappa shape index (κ1) is 16.8. The number of pyridine rings is 1. The van der Waals surface area contributed by atoms with E-state index in [0.29, 0.717) is 21.9 Å². The summed E-state index contributed by atoms with van der Waals surface area (Å²) >= 11 is 5.94. The Bertz CT molecular complexity index is 1270. The molecule has 0 unspecified atom stereocenters. The van der Waals surface area contributed by atoms with Crippen LogP contribution in [0.2, 0.25) is 5.02 Å². The number of benzene rings is 1. The summed E-state index contributed by atoms with van der Waals surface area (Å²) in [6.07, 6.45) is 3.07. The molecule has 3 aromatic heterocycles. The van der Waals surface area contributed by atoms with E-state index in [1.165, 1.54) is 30.6 Å². The maximum absolute atomic E-state index is 14.2. The van der Waals surface area contributed by atoms with Gasteiger partial charge in [0.15, 0.2) is 0 Å².